The van der Waals surface area contributed by atoms with Gasteiger partial charge in [0.1, 0.15) is 0 Å². The highest BCUT2D eigenvalue weighted by molar-refractivity contribution is 4.90. The Morgan fingerprint density at radius 2 is 2.09 bits per heavy atom. The van der Waals surface area contributed by atoms with Crippen LogP contribution in [-0.2, 0) is 0 Å². The maximum absolute atomic E-state index is 3.61. The first-order valence-electron chi connectivity index (χ1n) is 5.13. The monoisotopic (exact) mass is 153 g/mol. The van der Waals surface area contributed by atoms with Crippen molar-refractivity contribution in [1.82, 2.24) is 5.32 Å². The van der Waals surface area contributed by atoms with E-state index in [1.807, 2.05) is 0 Å². The minimum Gasteiger partial charge on any atom is -0.314 e. The average Bonchev–Trinajstić information content (AvgIpc) is 2.79. The number of rotatable bonds is 5. The predicted molar refractivity (Wildman–Crippen MR) is 47.5 cm³/mol. The lowest BCUT2D eigenvalue weighted by atomic mass is 10.2. The SMILES string of the molecule is CCCC1CC1CNC1CC1. The van der Waals surface area contributed by atoms with Crippen molar-refractivity contribution in [2.75, 3.05) is 6.54 Å². The molecule has 2 aliphatic rings. The van der Waals surface area contributed by atoms with E-state index in [2.05, 4.69) is 12.2 Å². The van der Waals surface area contributed by atoms with Crippen LogP contribution in [0.5, 0.6) is 0 Å². The van der Waals surface area contributed by atoms with Crippen LogP contribution >= 0.6 is 0 Å². The van der Waals surface area contributed by atoms with E-state index in [9.17, 15) is 0 Å². The van der Waals surface area contributed by atoms with Crippen molar-refractivity contribution in [2.24, 2.45) is 11.8 Å². The molecule has 2 rings (SSSR count). The lowest BCUT2D eigenvalue weighted by Crippen LogP contribution is -2.19. The van der Waals surface area contributed by atoms with E-state index >= 15 is 0 Å². The molecule has 0 bridgehead atoms. The van der Waals surface area contributed by atoms with Gasteiger partial charge in [-0.15, -0.1) is 0 Å². The van der Waals surface area contributed by atoms with Gasteiger partial charge in [-0.3, -0.25) is 0 Å². The van der Waals surface area contributed by atoms with Crippen molar-refractivity contribution in [3.63, 3.8) is 0 Å². The van der Waals surface area contributed by atoms with Crippen molar-refractivity contribution in [1.29, 1.82) is 0 Å². The van der Waals surface area contributed by atoms with Gasteiger partial charge in [-0.05, 0) is 37.6 Å². The highest BCUT2D eigenvalue weighted by Crippen LogP contribution is 2.41. The molecule has 1 nitrogen and oxygen atoms in total. The first kappa shape index (κ1) is 7.60. The van der Waals surface area contributed by atoms with Crippen LogP contribution in [0.4, 0.5) is 0 Å². The summed E-state index contributed by atoms with van der Waals surface area (Å²) in [7, 11) is 0. The van der Waals surface area contributed by atoms with Gasteiger partial charge in [-0.2, -0.15) is 0 Å². The first-order chi connectivity index (χ1) is 5.40. The Morgan fingerprint density at radius 3 is 2.73 bits per heavy atom. The maximum atomic E-state index is 3.61. The second-order valence-corrected chi connectivity index (χ2v) is 4.23. The number of nitrogens with one attached hydrogen (secondary N) is 1. The molecule has 0 aliphatic heterocycles. The lowest BCUT2D eigenvalue weighted by Gasteiger charge is -2.00. The molecule has 1 heteroatoms. The van der Waals surface area contributed by atoms with Crippen molar-refractivity contribution in [3.8, 4) is 0 Å². The summed E-state index contributed by atoms with van der Waals surface area (Å²) in [4.78, 5) is 0. The van der Waals surface area contributed by atoms with Crippen LogP contribution in [0.15, 0.2) is 0 Å². The molecule has 11 heavy (non-hydrogen) atoms. The minimum absolute atomic E-state index is 0.915. The highest BCUT2D eigenvalue weighted by atomic mass is 15.0. The van der Waals surface area contributed by atoms with Crippen LogP contribution in [0.1, 0.15) is 39.0 Å². The van der Waals surface area contributed by atoms with Crippen LogP contribution in [-0.4, -0.2) is 12.6 Å². The molecular weight excluding hydrogens is 134 g/mol. The van der Waals surface area contributed by atoms with Crippen LogP contribution in [0.25, 0.3) is 0 Å². The van der Waals surface area contributed by atoms with Crippen molar-refractivity contribution >= 4 is 0 Å². The summed E-state index contributed by atoms with van der Waals surface area (Å²) in [5, 5.41) is 3.61. The van der Waals surface area contributed by atoms with Crippen LogP contribution < -0.4 is 5.32 Å². The standard InChI is InChI=1S/C10H19N/c1-2-3-8-6-9(8)7-11-10-4-5-10/h8-11H,2-7H2,1H3. The van der Waals surface area contributed by atoms with E-state index in [4.69, 9.17) is 0 Å². The fraction of sp³-hybridized carbons (Fsp3) is 1.00. The van der Waals surface area contributed by atoms with E-state index in [0.717, 1.165) is 17.9 Å². The Labute approximate surface area is 69.6 Å². The van der Waals surface area contributed by atoms with Gasteiger partial charge >= 0.3 is 0 Å². The zero-order valence-electron chi connectivity index (χ0n) is 7.47. The van der Waals surface area contributed by atoms with Crippen LogP contribution in [0, 0.1) is 11.8 Å². The van der Waals surface area contributed by atoms with Gasteiger partial charge in [0.25, 0.3) is 0 Å². The summed E-state index contributed by atoms with van der Waals surface area (Å²) in [5.41, 5.74) is 0. The van der Waals surface area contributed by atoms with Crippen molar-refractivity contribution in [2.45, 2.75) is 45.1 Å². The molecule has 1 N–H and O–H groups in total. The normalized spacial score (nSPS) is 35.7. The first-order valence-corrected chi connectivity index (χ1v) is 5.13. The summed E-state index contributed by atoms with van der Waals surface area (Å²) < 4.78 is 0. The van der Waals surface area contributed by atoms with E-state index in [1.165, 1.54) is 38.6 Å². The summed E-state index contributed by atoms with van der Waals surface area (Å²) in [6.07, 6.45) is 7.23. The van der Waals surface area contributed by atoms with Crippen molar-refractivity contribution < 1.29 is 0 Å². The minimum atomic E-state index is 0.915. The Kier molecular flexibility index (Phi) is 2.17. The smallest absolute Gasteiger partial charge is 0.00683 e. The molecule has 2 aliphatic carbocycles. The molecule has 0 aromatic carbocycles. The van der Waals surface area contributed by atoms with Gasteiger partial charge in [-0.1, -0.05) is 19.8 Å². The quantitative estimate of drug-likeness (QED) is 0.638. The predicted octanol–water partition coefficient (Wildman–Crippen LogP) is 2.17. The molecule has 2 saturated carbocycles. The fourth-order valence-electron chi connectivity index (χ4n) is 1.89. The molecule has 0 aromatic rings. The zero-order valence-corrected chi connectivity index (χ0v) is 7.47. The van der Waals surface area contributed by atoms with Gasteiger partial charge in [0.15, 0.2) is 0 Å². The molecule has 0 spiro atoms. The summed E-state index contributed by atoms with van der Waals surface area (Å²) in [6.45, 7) is 3.61. The van der Waals surface area contributed by atoms with E-state index in [0.29, 0.717) is 0 Å². The summed E-state index contributed by atoms with van der Waals surface area (Å²) in [5.74, 6) is 2.14. The molecule has 0 radical (unpaired) electrons. The molecular formula is C10H19N. The Morgan fingerprint density at radius 1 is 1.27 bits per heavy atom. The third kappa shape index (κ3) is 2.19. The van der Waals surface area contributed by atoms with Crippen LogP contribution in [0.2, 0.25) is 0 Å². The van der Waals surface area contributed by atoms with Crippen LogP contribution in [0.3, 0.4) is 0 Å². The highest BCUT2D eigenvalue weighted by Gasteiger charge is 2.36. The molecule has 0 aromatic heterocycles. The topological polar surface area (TPSA) is 12.0 Å². The average molecular weight is 153 g/mol. The summed E-state index contributed by atoms with van der Waals surface area (Å²) in [6, 6.07) is 0.915. The molecule has 0 heterocycles. The number of hydrogen-bond donors (Lipinski definition) is 1. The van der Waals surface area contributed by atoms with E-state index in [1.54, 1.807) is 0 Å². The van der Waals surface area contributed by atoms with Gasteiger partial charge in [0.05, 0.1) is 0 Å². The van der Waals surface area contributed by atoms with Gasteiger partial charge < -0.3 is 5.32 Å². The molecule has 64 valence electrons. The molecule has 2 fully saturated rings. The molecule has 2 atom stereocenters. The third-order valence-electron chi connectivity index (χ3n) is 2.97. The Balaban J connectivity index is 1.52. The Hall–Kier alpha value is -0.0400. The van der Waals surface area contributed by atoms with Gasteiger partial charge in [-0.25, -0.2) is 0 Å². The molecule has 0 saturated heterocycles. The second kappa shape index (κ2) is 3.14. The van der Waals surface area contributed by atoms with Crippen molar-refractivity contribution in [3.05, 3.63) is 0 Å². The van der Waals surface area contributed by atoms with Gasteiger partial charge in [0, 0.05) is 6.04 Å². The second-order valence-electron chi connectivity index (χ2n) is 4.23. The van der Waals surface area contributed by atoms with E-state index < -0.39 is 0 Å². The van der Waals surface area contributed by atoms with E-state index in [-0.39, 0.29) is 0 Å². The largest absolute Gasteiger partial charge is 0.314 e. The molecule has 2 unspecified atom stereocenters. The summed E-state index contributed by atoms with van der Waals surface area (Å²) >= 11 is 0. The number of hydrogen-bond acceptors (Lipinski definition) is 1. The fourth-order valence-corrected chi connectivity index (χ4v) is 1.89. The zero-order chi connectivity index (χ0) is 7.68. The third-order valence-corrected chi connectivity index (χ3v) is 2.97. The maximum Gasteiger partial charge on any atom is 0.00683 e. The Bertz CT molecular complexity index is 129. The molecule has 0 amide bonds. The van der Waals surface area contributed by atoms with Gasteiger partial charge in [0.2, 0.25) is 0 Å². The lowest BCUT2D eigenvalue weighted by molar-refractivity contribution is 0.571.